The Labute approximate surface area is 122 Å². The molecule has 108 valence electrons. The Balaban J connectivity index is 1.94. The Hall–Kier alpha value is -2.43. The molecule has 0 spiro atoms. The molecular weight excluding hydrogens is 266 g/mol. The highest BCUT2D eigenvalue weighted by Gasteiger charge is 2.20. The summed E-state index contributed by atoms with van der Waals surface area (Å²) >= 11 is 0. The van der Waals surface area contributed by atoms with Gasteiger partial charge in [-0.3, -0.25) is 0 Å². The summed E-state index contributed by atoms with van der Waals surface area (Å²) in [5, 5.41) is 9.08. The SMILES string of the molecule is Cc1nc(-c2ccc(C3CCC3)cc2)nc(N)c1C(=O)O. The fourth-order valence-corrected chi connectivity index (χ4v) is 2.63. The topological polar surface area (TPSA) is 89.1 Å². The predicted octanol–water partition coefficient (Wildman–Crippen LogP) is 3.00. The first kappa shape index (κ1) is 13.5. The van der Waals surface area contributed by atoms with Crippen LogP contribution in [-0.4, -0.2) is 21.0 Å². The van der Waals surface area contributed by atoms with Gasteiger partial charge in [-0.2, -0.15) is 0 Å². The maximum absolute atomic E-state index is 11.1. The van der Waals surface area contributed by atoms with Gasteiger partial charge < -0.3 is 10.8 Å². The molecule has 1 aromatic heterocycles. The second kappa shape index (κ2) is 5.16. The number of nitrogen functional groups attached to an aromatic ring is 1. The molecule has 0 saturated heterocycles. The minimum atomic E-state index is -1.10. The predicted molar refractivity (Wildman–Crippen MR) is 80.2 cm³/mol. The smallest absolute Gasteiger partial charge is 0.341 e. The van der Waals surface area contributed by atoms with E-state index in [0.29, 0.717) is 17.4 Å². The van der Waals surface area contributed by atoms with Crippen LogP contribution >= 0.6 is 0 Å². The van der Waals surface area contributed by atoms with E-state index >= 15 is 0 Å². The molecule has 3 N–H and O–H groups in total. The average molecular weight is 283 g/mol. The van der Waals surface area contributed by atoms with Crippen LogP contribution in [0.4, 0.5) is 5.82 Å². The third kappa shape index (κ3) is 2.46. The third-order valence-corrected chi connectivity index (χ3v) is 4.08. The molecule has 1 aliphatic rings. The number of carboxylic acid groups (broad SMARTS) is 1. The van der Waals surface area contributed by atoms with E-state index < -0.39 is 5.97 Å². The lowest BCUT2D eigenvalue weighted by atomic mass is 9.80. The van der Waals surface area contributed by atoms with Gasteiger partial charge in [0.1, 0.15) is 11.4 Å². The fourth-order valence-electron chi connectivity index (χ4n) is 2.63. The first-order valence-electron chi connectivity index (χ1n) is 7.04. The zero-order chi connectivity index (χ0) is 15.0. The van der Waals surface area contributed by atoms with Crippen molar-refractivity contribution in [1.29, 1.82) is 0 Å². The van der Waals surface area contributed by atoms with Gasteiger partial charge in [0.05, 0.1) is 5.69 Å². The van der Waals surface area contributed by atoms with E-state index in [9.17, 15) is 4.79 Å². The largest absolute Gasteiger partial charge is 0.477 e. The van der Waals surface area contributed by atoms with Gasteiger partial charge in [0, 0.05) is 5.56 Å². The number of anilines is 1. The number of aromatic carboxylic acids is 1. The van der Waals surface area contributed by atoms with Crippen LogP contribution in [0.15, 0.2) is 24.3 Å². The van der Waals surface area contributed by atoms with Gasteiger partial charge in [-0.1, -0.05) is 30.7 Å². The van der Waals surface area contributed by atoms with Crippen molar-refractivity contribution >= 4 is 11.8 Å². The molecule has 5 heteroatoms. The normalized spacial score (nSPS) is 14.7. The number of nitrogens with zero attached hydrogens (tertiary/aromatic N) is 2. The summed E-state index contributed by atoms with van der Waals surface area (Å²) in [5.41, 5.74) is 8.29. The van der Waals surface area contributed by atoms with Crippen molar-refractivity contribution in [3.63, 3.8) is 0 Å². The highest BCUT2D eigenvalue weighted by atomic mass is 16.4. The summed E-state index contributed by atoms with van der Waals surface area (Å²) in [6.07, 6.45) is 3.83. The van der Waals surface area contributed by atoms with Crippen molar-refractivity contribution in [2.75, 3.05) is 5.73 Å². The van der Waals surface area contributed by atoms with Crippen molar-refractivity contribution in [2.24, 2.45) is 0 Å². The average Bonchev–Trinajstić information content (AvgIpc) is 2.36. The van der Waals surface area contributed by atoms with E-state index in [1.807, 2.05) is 12.1 Å². The van der Waals surface area contributed by atoms with E-state index in [1.54, 1.807) is 6.92 Å². The highest BCUT2D eigenvalue weighted by molar-refractivity contribution is 5.94. The summed E-state index contributed by atoms with van der Waals surface area (Å²) in [7, 11) is 0. The lowest BCUT2D eigenvalue weighted by Crippen LogP contribution is -2.10. The molecule has 0 atom stereocenters. The summed E-state index contributed by atoms with van der Waals surface area (Å²) in [6.45, 7) is 1.63. The van der Waals surface area contributed by atoms with Crippen molar-refractivity contribution in [3.05, 3.63) is 41.1 Å². The number of hydrogen-bond acceptors (Lipinski definition) is 4. The molecule has 21 heavy (non-hydrogen) atoms. The number of nitrogens with two attached hydrogens (primary N) is 1. The van der Waals surface area contributed by atoms with Crippen molar-refractivity contribution in [3.8, 4) is 11.4 Å². The van der Waals surface area contributed by atoms with Crippen molar-refractivity contribution in [2.45, 2.75) is 32.1 Å². The quantitative estimate of drug-likeness (QED) is 0.903. The summed E-state index contributed by atoms with van der Waals surface area (Å²) in [6, 6.07) is 8.14. The Morgan fingerprint density at radius 1 is 1.24 bits per heavy atom. The molecule has 1 aliphatic carbocycles. The second-order valence-corrected chi connectivity index (χ2v) is 5.45. The number of aryl methyl sites for hydroxylation is 1. The summed E-state index contributed by atoms with van der Waals surface area (Å²) < 4.78 is 0. The first-order chi connectivity index (χ1) is 10.1. The van der Waals surface area contributed by atoms with Crippen LogP contribution in [0.25, 0.3) is 11.4 Å². The maximum Gasteiger partial charge on any atom is 0.341 e. The minimum Gasteiger partial charge on any atom is -0.477 e. The van der Waals surface area contributed by atoms with Crippen LogP contribution in [0.3, 0.4) is 0 Å². The number of hydrogen-bond donors (Lipinski definition) is 2. The molecule has 1 fully saturated rings. The van der Waals surface area contributed by atoms with Gasteiger partial charge in [0.15, 0.2) is 5.82 Å². The van der Waals surface area contributed by atoms with Crippen LogP contribution in [0, 0.1) is 6.92 Å². The second-order valence-electron chi connectivity index (χ2n) is 5.45. The summed E-state index contributed by atoms with van der Waals surface area (Å²) in [4.78, 5) is 19.5. The number of aromatic nitrogens is 2. The van der Waals surface area contributed by atoms with Crippen LogP contribution in [0.1, 0.15) is 46.8 Å². The Morgan fingerprint density at radius 2 is 1.90 bits per heavy atom. The van der Waals surface area contributed by atoms with Crippen molar-refractivity contribution < 1.29 is 9.90 Å². The number of benzene rings is 1. The van der Waals surface area contributed by atoms with Gasteiger partial charge in [-0.05, 0) is 31.2 Å². The van der Waals surface area contributed by atoms with Gasteiger partial charge in [-0.25, -0.2) is 14.8 Å². The number of carbonyl (C=O) groups is 1. The zero-order valence-corrected chi connectivity index (χ0v) is 11.8. The molecule has 5 nitrogen and oxygen atoms in total. The van der Waals surface area contributed by atoms with Gasteiger partial charge in [0.25, 0.3) is 0 Å². The molecule has 3 rings (SSSR count). The lowest BCUT2D eigenvalue weighted by molar-refractivity contribution is 0.0696. The molecule has 0 unspecified atom stereocenters. The van der Waals surface area contributed by atoms with E-state index in [0.717, 1.165) is 5.56 Å². The molecule has 1 saturated carbocycles. The molecule has 0 radical (unpaired) electrons. The molecule has 0 aliphatic heterocycles. The number of rotatable bonds is 3. The van der Waals surface area contributed by atoms with Gasteiger partial charge >= 0.3 is 5.97 Å². The minimum absolute atomic E-state index is 0.00747. The van der Waals surface area contributed by atoms with Crippen LogP contribution in [0.2, 0.25) is 0 Å². The molecule has 0 amide bonds. The number of carboxylic acids is 1. The monoisotopic (exact) mass is 283 g/mol. The van der Waals surface area contributed by atoms with Crippen LogP contribution < -0.4 is 5.73 Å². The van der Waals surface area contributed by atoms with Gasteiger partial charge in [-0.15, -0.1) is 0 Å². The third-order valence-electron chi connectivity index (χ3n) is 4.08. The summed E-state index contributed by atoms with van der Waals surface area (Å²) in [5.74, 6) is 0.0567. The standard InChI is InChI=1S/C16H17N3O2/c1-9-13(16(20)21)14(17)19-15(18-9)12-7-5-11(6-8-12)10-3-2-4-10/h5-8,10H,2-4H2,1H3,(H,20,21)(H2,17,18,19). The molecule has 2 aromatic rings. The Kier molecular flexibility index (Phi) is 3.33. The molecule has 1 aromatic carbocycles. The maximum atomic E-state index is 11.1. The first-order valence-corrected chi connectivity index (χ1v) is 7.04. The van der Waals surface area contributed by atoms with E-state index in [-0.39, 0.29) is 11.4 Å². The van der Waals surface area contributed by atoms with Crippen LogP contribution in [0.5, 0.6) is 0 Å². The zero-order valence-electron chi connectivity index (χ0n) is 11.8. The van der Waals surface area contributed by atoms with E-state index in [4.69, 9.17) is 10.8 Å². The Bertz CT molecular complexity index is 668. The lowest BCUT2D eigenvalue weighted by Gasteiger charge is -2.25. The molecular formula is C16H17N3O2. The van der Waals surface area contributed by atoms with E-state index in [1.165, 1.54) is 24.8 Å². The van der Waals surface area contributed by atoms with Gasteiger partial charge in [0.2, 0.25) is 0 Å². The van der Waals surface area contributed by atoms with Crippen molar-refractivity contribution in [1.82, 2.24) is 9.97 Å². The molecule has 1 heterocycles. The van der Waals surface area contributed by atoms with E-state index in [2.05, 4.69) is 22.1 Å². The fraction of sp³-hybridized carbons (Fsp3) is 0.312. The molecule has 0 bridgehead atoms. The van der Waals surface area contributed by atoms with Crippen LogP contribution in [-0.2, 0) is 0 Å². The Morgan fingerprint density at radius 3 is 2.38 bits per heavy atom. The highest BCUT2D eigenvalue weighted by Crippen LogP contribution is 2.36.